The molecule has 164 valence electrons. The van der Waals surface area contributed by atoms with Gasteiger partial charge in [0.2, 0.25) is 5.91 Å². The van der Waals surface area contributed by atoms with Crippen molar-refractivity contribution >= 4 is 23.1 Å². The van der Waals surface area contributed by atoms with Gasteiger partial charge < -0.3 is 9.64 Å². The number of aromatic nitrogens is 4. The minimum Gasteiger partial charge on any atom is -0.371 e. The SMILES string of the molecule is Cc1ncc(C2=CCC3C(=C2)N(c2cncc(N4C[C@H]5C[C@@H](C4)O5)n2)C(=O)C3(C)C)cn1. The van der Waals surface area contributed by atoms with Crippen LogP contribution in [0.3, 0.4) is 0 Å². The zero-order chi connectivity index (χ0) is 22.0. The lowest BCUT2D eigenvalue weighted by molar-refractivity contribution is -0.133. The minimum atomic E-state index is -0.518. The van der Waals surface area contributed by atoms with Gasteiger partial charge in [-0.25, -0.2) is 15.0 Å². The average molecular weight is 431 g/mol. The Bertz CT molecular complexity index is 1140. The Balaban J connectivity index is 1.37. The molecule has 2 aromatic rings. The van der Waals surface area contributed by atoms with Crippen molar-refractivity contribution in [3.8, 4) is 0 Å². The van der Waals surface area contributed by atoms with Crippen LogP contribution in [-0.4, -0.2) is 51.1 Å². The second-order valence-electron chi connectivity index (χ2n) is 9.65. The first-order chi connectivity index (χ1) is 15.4. The van der Waals surface area contributed by atoms with Crippen LogP contribution >= 0.6 is 0 Å². The number of carbonyl (C=O) groups excluding carboxylic acids is 1. The molecule has 0 radical (unpaired) electrons. The number of hydrogen-bond acceptors (Lipinski definition) is 7. The van der Waals surface area contributed by atoms with Gasteiger partial charge in [0.25, 0.3) is 0 Å². The van der Waals surface area contributed by atoms with Crippen molar-refractivity contribution in [1.29, 1.82) is 0 Å². The van der Waals surface area contributed by atoms with Crippen molar-refractivity contribution in [2.45, 2.75) is 45.8 Å². The van der Waals surface area contributed by atoms with Gasteiger partial charge >= 0.3 is 0 Å². The molecular weight excluding hydrogens is 404 g/mol. The molecule has 4 saturated heterocycles. The van der Waals surface area contributed by atoms with Crippen LogP contribution in [0.25, 0.3) is 5.57 Å². The highest BCUT2D eigenvalue weighted by Crippen LogP contribution is 2.50. The zero-order valence-corrected chi connectivity index (χ0v) is 18.5. The van der Waals surface area contributed by atoms with E-state index in [2.05, 4.69) is 32.0 Å². The zero-order valence-electron chi connectivity index (χ0n) is 18.5. The molecule has 1 aliphatic carbocycles. The van der Waals surface area contributed by atoms with Gasteiger partial charge in [-0.1, -0.05) is 19.9 Å². The number of aryl methyl sites for hydroxylation is 1. The van der Waals surface area contributed by atoms with Crippen molar-refractivity contribution in [2.24, 2.45) is 11.3 Å². The summed E-state index contributed by atoms with van der Waals surface area (Å²) < 4.78 is 5.75. The Hall–Kier alpha value is -3.13. The van der Waals surface area contributed by atoms with Gasteiger partial charge in [0.05, 0.1) is 30.0 Å². The van der Waals surface area contributed by atoms with E-state index in [0.717, 1.165) is 54.4 Å². The summed E-state index contributed by atoms with van der Waals surface area (Å²) in [6.07, 6.45) is 13.9. The summed E-state index contributed by atoms with van der Waals surface area (Å²) in [7, 11) is 0. The van der Waals surface area contributed by atoms with Gasteiger partial charge in [-0.15, -0.1) is 0 Å². The second kappa shape index (κ2) is 6.93. The summed E-state index contributed by atoms with van der Waals surface area (Å²) in [6.45, 7) is 7.55. The normalized spacial score (nSPS) is 28.1. The van der Waals surface area contributed by atoms with Crippen LogP contribution in [0.4, 0.5) is 11.6 Å². The number of ether oxygens (including phenoxy) is 1. The molecule has 0 saturated carbocycles. The maximum Gasteiger partial charge on any atom is 0.238 e. The van der Waals surface area contributed by atoms with Crippen LogP contribution < -0.4 is 9.80 Å². The molecule has 8 heteroatoms. The van der Waals surface area contributed by atoms with Gasteiger partial charge in [0.15, 0.2) is 5.82 Å². The summed E-state index contributed by atoms with van der Waals surface area (Å²) in [5, 5.41) is 0. The van der Waals surface area contributed by atoms with Crippen LogP contribution in [-0.2, 0) is 9.53 Å². The fraction of sp³-hybridized carbons (Fsp3) is 0.458. The van der Waals surface area contributed by atoms with Gasteiger partial charge in [-0.05, 0) is 25.0 Å². The number of hydrogen-bond donors (Lipinski definition) is 0. The predicted octanol–water partition coefficient (Wildman–Crippen LogP) is 2.91. The second-order valence-corrected chi connectivity index (χ2v) is 9.65. The highest BCUT2D eigenvalue weighted by atomic mass is 16.5. The highest BCUT2D eigenvalue weighted by molar-refractivity contribution is 6.04. The fourth-order valence-corrected chi connectivity index (χ4v) is 5.25. The fourth-order valence-electron chi connectivity index (χ4n) is 5.25. The molecule has 2 aromatic heterocycles. The third-order valence-electron chi connectivity index (χ3n) is 7.15. The van der Waals surface area contributed by atoms with Crippen molar-refractivity contribution in [3.05, 3.63) is 54.0 Å². The minimum absolute atomic E-state index is 0.0554. The first-order valence-corrected chi connectivity index (χ1v) is 11.2. The maximum atomic E-state index is 13.6. The molecule has 6 heterocycles. The smallest absolute Gasteiger partial charge is 0.238 e. The van der Waals surface area contributed by atoms with E-state index in [0.29, 0.717) is 5.82 Å². The lowest BCUT2D eigenvalue weighted by atomic mass is 9.75. The Morgan fingerprint density at radius 3 is 2.47 bits per heavy atom. The average Bonchev–Trinajstić information content (AvgIpc) is 2.99. The van der Waals surface area contributed by atoms with Gasteiger partial charge in [-0.2, -0.15) is 0 Å². The van der Waals surface area contributed by atoms with Crippen LogP contribution in [0.2, 0.25) is 0 Å². The summed E-state index contributed by atoms with van der Waals surface area (Å²) >= 11 is 0. The number of fused-ring (bicyclic) bond motifs is 3. The quantitative estimate of drug-likeness (QED) is 0.740. The standard InChI is InChI=1S/C24H26N6O2/c1-14-26-8-16(9-27-14)15-4-5-19-20(6-15)30(23(31)24(19,2)3)22-11-25-10-21(28-22)29-12-17-7-18(13-29)32-17/h4,6,8-11,17-19H,5,7,12-13H2,1-3H3/t17-,18+,19?. The van der Waals surface area contributed by atoms with Gasteiger partial charge in [0, 0.05) is 49.1 Å². The molecule has 1 amide bonds. The van der Waals surface area contributed by atoms with Gasteiger partial charge in [-0.3, -0.25) is 14.7 Å². The number of anilines is 2. The number of piperidine rings is 1. The van der Waals surface area contributed by atoms with E-state index in [1.807, 2.05) is 33.2 Å². The molecule has 2 bridgehead atoms. The predicted molar refractivity (Wildman–Crippen MR) is 120 cm³/mol. The van der Waals surface area contributed by atoms with E-state index in [1.165, 1.54) is 0 Å². The van der Waals surface area contributed by atoms with Crippen molar-refractivity contribution in [1.82, 2.24) is 19.9 Å². The van der Waals surface area contributed by atoms with Crippen molar-refractivity contribution < 1.29 is 9.53 Å². The number of allylic oxidation sites excluding steroid dienone is 4. The number of amides is 1. The lowest BCUT2D eigenvalue weighted by Crippen LogP contribution is -2.57. The van der Waals surface area contributed by atoms with Crippen LogP contribution in [0.5, 0.6) is 0 Å². The third kappa shape index (κ3) is 2.97. The number of nitrogens with zero attached hydrogens (tertiary/aromatic N) is 6. The number of rotatable bonds is 3. The molecule has 7 rings (SSSR count). The molecule has 5 aliphatic rings. The third-order valence-corrected chi connectivity index (χ3v) is 7.15. The largest absolute Gasteiger partial charge is 0.371 e. The summed E-state index contributed by atoms with van der Waals surface area (Å²) in [5.41, 5.74) is 2.43. The molecule has 0 N–H and O–H groups in total. The van der Waals surface area contributed by atoms with Crippen molar-refractivity contribution in [3.63, 3.8) is 0 Å². The van der Waals surface area contributed by atoms with Crippen molar-refractivity contribution in [2.75, 3.05) is 22.9 Å². The molecule has 8 nitrogen and oxygen atoms in total. The topological polar surface area (TPSA) is 84.3 Å². The summed E-state index contributed by atoms with van der Waals surface area (Å²) in [6, 6.07) is 0. The maximum absolute atomic E-state index is 13.6. The van der Waals surface area contributed by atoms with E-state index < -0.39 is 5.41 Å². The molecule has 4 aliphatic heterocycles. The van der Waals surface area contributed by atoms with E-state index in [1.54, 1.807) is 17.3 Å². The van der Waals surface area contributed by atoms with E-state index in [9.17, 15) is 4.79 Å². The highest BCUT2D eigenvalue weighted by Gasteiger charge is 2.52. The van der Waals surface area contributed by atoms with Crippen LogP contribution in [0.1, 0.15) is 38.1 Å². The molecule has 32 heavy (non-hydrogen) atoms. The monoisotopic (exact) mass is 430 g/mol. The van der Waals surface area contributed by atoms with E-state index in [4.69, 9.17) is 9.72 Å². The number of morpholine rings is 1. The van der Waals surface area contributed by atoms with E-state index >= 15 is 0 Å². The molecule has 4 fully saturated rings. The summed E-state index contributed by atoms with van der Waals surface area (Å²) in [5.74, 6) is 2.26. The molecular formula is C24H26N6O2. The molecule has 3 atom stereocenters. The Kier molecular flexibility index (Phi) is 4.24. The first-order valence-electron chi connectivity index (χ1n) is 11.2. The van der Waals surface area contributed by atoms with Gasteiger partial charge in [0.1, 0.15) is 11.6 Å². The summed E-state index contributed by atoms with van der Waals surface area (Å²) in [4.78, 5) is 35.5. The lowest BCUT2D eigenvalue weighted by Gasteiger charge is -2.47. The van der Waals surface area contributed by atoms with Crippen LogP contribution in [0.15, 0.2) is 42.6 Å². The Morgan fingerprint density at radius 2 is 1.75 bits per heavy atom. The Morgan fingerprint density at radius 1 is 1.06 bits per heavy atom. The molecule has 0 spiro atoms. The molecule has 0 aromatic carbocycles. The Labute approximate surface area is 187 Å². The van der Waals surface area contributed by atoms with Crippen LogP contribution in [0, 0.1) is 18.3 Å². The first kappa shape index (κ1) is 19.5. The van der Waals surface area contributed by atoms with E-state index in [-0.39, 0.29) is 24.0 Å². The number of carbonyl (C=O) groups is 1. The molecule has 1 unspecified atom stereocenters.